The number of carbonyl (C=O) groups excluding carboxylic acids is 1. The van der Waals surface area contributed by atoms with Gasteiger partial charge in [-0.2, -0.15) is 0 Å². The Morgan fingerprint density at radius 1 is 1.35 bits per heavy atom. The van der Waals surface area contributed by atoms with Crippen molar-refractivity contribution in [3.05, 3.63) is 36.2 Å². The lowest BCUT2D eigenvalue weighted by molar-refractivity contribution is -0.121. The van der Waals surface area contributed by atoms with E-state index >= 15 is 0 Å². The molecule has 1 aromatic heterocycles. The first-order valence-electron chi connectivity index (χ1n) is 9.03. The third kappa shape index (κ3) is 5.34. The third-order valence-electron chi connectivity index (χ3n) is 4.29. The second-order valence-corrected chi connectivity index (χ2v) is 7.05. The molecule has 1 atom stereocenters. The molecule has 1 aliphatic rings. The normalized spacial score (nSPS) is 18.2. The minimum atomic E-state index is 0.00440. The highest BCUT2D eigenvalue weighted by Gasteiger charge is 2.21. The van der Waals surface area contributed by atoms with Gasteiger partial charge in [0.05, 0.1) is 24.8 Å². The van der Waals surface area contributed by atoms with Crippen molar-refractivity contribution in [2.24, 2.45) is 5.92 Å². The molecule has 1 saturated heterocycles. The first kappa shape index (κ1) is 18.5. The number of nitrogens with zero attached hydrogens (tertiary/aromatic N) is 5. The number of hydrogen-bond donors (Lipinski definition) is 1. The molecule has 1 fully saturated rings. The molecule has 1 N–H and O–H groups in total. The van der Waals surface area contributed by atoms with Crippen molar-refractivity contribution < 1.29 is 9.53 Å². The van der Waals surface area contributed by atoms with Gasteiger partial charge in [-0.05, 0) is 34.0 Å². The summed E-state index contributed by atoms with van der Waals surface area (Å²) in [5.41, 5.74) is 1.81. The van der Waals surface area contributed by atoms with Crippen LogP contribution in [-0.2, 0) is 16.0 Å². The van der Waals surface area contributed by atoms with Crippen molar-refractivity contribution in [3.8, 4) is 5.69 Å². The molecule has 2 heterocycles. The van der Waals surface area contributed by atoms with Crippen LogP contribution in [0.4, 0.5) is 0 Å². The zero-order chi connectivity index (χ0) is 18.4. The number of benzene rings is 1. The maximum Gasteiger partial charge on any atom is 0.224 e. The molecule has 8 nitrogen and oxygen atoms in total. The van der Waals surface area contributed by atoms with Gasteiger partial charge in [0.1, 0.15) is 6.33 Å². The molecule has 3 rings (SSSR count). The van der Waals surface area contributed by atoms with Gasteiger partial charge in [-0.1, -0.05) is 26.0 Å². The lowest BCUT2D eigenvalue weighted by atomic mass is 10.1. The van der Waals surface area contributed by atoms with E-state index in [9.17, 15) is 4.79 Å². The van der Waals surface area contributed by atoms with Gasteiger partial charge < -0.3 is 10.1 Å². The number of amides is 1. The van der Waals surface area contributed by atoms with E-state index in [1.807, 2.05) is 24.3 Å². The van der Waals surface area contributed by atoms with Crippen LogP contribution >= 0.6 is 0 Å². The zero-order valence-corrected chi connectivity index (χ0v) is 15.3. The van der Waals surface area contributed by atoms with Crippen LogP contribution in [0.5, 0.6) is 0 Å². The van der Waals surface area contributed by atoms with Crippen LogP contribution in [0.3, 0.4) is 0 Å². The van der Waals surface area contributed by atoms with E-state index in [4.69, 9.17) is 4.74 Å². The van der Waals surface area contributed by atoms with Gasteiger partial charge >= 0.3 is 0 Å². The molecule has 140 valence electrons. The van der Waals surface area contributed by atoms with Crippen LogP contribution in [0.15, 0.2) is 30.6 Å². The monoisotopic (exact) mass is 358 g/mol. The highest BCUT2D eigenvalue weighted by Crippen LogP contribution is 2.09. The Labute approximate surface area is 153 Å². The Kier molecular flexibility index (Phi) is 6.30. The first-order valence-corrected chi connectivity index (χ1v) is 9.03. The van der Waals surface area contributed by atoms with Crippen LogP contribution < -0.4 is 5.32 Å². The van der Waals surface area contributed by atoms with Crippen molar-refractivity contribution in [1.29, 1.82) is 0 Å². The van der Waals surface area contributed by atoms with Crippen molar-refractivity contribution in [1.82, 2.24) is 30.4 Å². The molecule has 26 heavy (non-hydrogen) atoms. The fourth-order valence-electron chi connectivity index (χ4n) is 3.11. The van der Waals surface area contributed by atoms with Gasteiger partial charge in [0, 0.05) is 26.2 Å². The summed E-state index contributed by atoms with van der Waals surface area (Å²) < 4.78 is 7.35. The molecule has 1 aliphatic heterocycles. The summed E-state index contributed by atoms with van der Waals surface area (Å²) in [5, 5.41) is 14.1. The number of rotatable bonds is 7. The van der Waals surface area contributed by atoms with Crippen molar-refractivity contribution in [2.75, 3.05) is 32.8 Å². The molecule has 1 amide bonds. The first-order chi connectivity index (χ1) is 12.6. The van der Waals surface area contributed by atoms with E-state index in [1.54, 1.807) is 4.68 Å². The molecule has 0 aliphatic carbocycles. The number of morpholine rings is 1. The SMILES string of the molecule is CC(C)CN1CCOC(CNC(=O)Cc2ccc(-n3cnnn3)cc2)C1. The Morgan fingerprint density at radius 3 is 2.85 bits per heavy atom. The average Bonchev–Trinajstić information content (AvgIpc) is 3.15. The van der Waals surface area contributed by atoms with Gasteiger partial charge in [0.2, 0.25) is 5.91 Å². The Balaban J connectivity index is 1.44. The topological polar surface area (TPSA) is 85.2 Å². The zero-order valence-electron chi connectivity index (χ0n) is 15.3. The van der Waals surface area contributed by atoms with Gasteiger partial charge in [0.15, 0.2) is 0 Å². The van der Waals surface area contributed by atoms with Crippen molar-refractivity contribution in [2.45, 2.75) is 26.4 Å². The van der Waals surface area contributed by atoms with Crippen LogP contribution in [0.25, 0.3) is 5.69 Å². The number of tetrazole rings is 1. The number of hydrogen-bond acceptors (Lipinski definition) is 6. The molecular weight excluding hydrogens is 332 g/mol. The third-order valence-corrected chi connectivity index (χ3v) is 4.29. The number of nitrogens with one attached hydrogen (secondary N) is 1. The lowest BCUT2D eigenvalue weighted by Gasteiger charge is -2.33. The predicted molar refractivity (Wildman–Crippen MR) is 96.9 cm³/mol. The second kappa shape index (κ2) is 8.86. The summed E-state index contributed by atoms with van der Waals surface area (Å²) in [6.45, 7) is 8.63. The van der Waals surface area contributed by atoms with Gasteiger partial charge in [-0.3, -0.25) is 9.69 Å². The summed E-state index contributed by atoms with van der Waals surface area (Å²) in [6.07, 6.45) is 1.95. The quantitative estimate of drug-likeness (QED) is 0.783. The van der Waals surface area contributed by atoms with Crippen LogP contribution in [-0.4, -0.2) is 69.9 Å². The molecular formula is C18H26N6O2. The van der Waals surface area contributed by atoms with Gasteiger partial charge in [-0.25, -0.2) is 4.68 Å². The number of aromatic nitrogens is 4. The van der Waals surface area contributed by atoms with Crippen molar-refractivity contribution >= 4 is 5.91 Å². The van der Waals surface area contributed by atoms with E-state index in [-0.39, 0.29) is 12.0 Å². The molecule has 8 heteroatoms. The smallest absolute Gasteiger partial charge is 0.224 e. The standard InChI is InChI=1S/C18H26N6O2/c1-14(2)11-23-7-8-26-17(12-23)10-19-18(25)9-15-3-5-16(6-4-15)24-13-20-21-22-24/h3-6,13-14,17H,7-12H2,1-2H3,(H,19,25). The molecule has 0 radical (unpaired) electrons. The summed E-state index contributed by atoms with van der Waals surface area (Å²) in [4.78, 5) is 14.6. The fourth-order valence-corrected chi connectivity index (χ4v) is 3.11. The summed E-state index contributed by atoms with van der Waals surface area (Å²) in [7, 11) is 0. The summed E-state index contributed by atoms with van der Waals surface area (Å²) >= 11 is 0. The van der Waals surface area contributed by atoms with E-state index in [1.165, 1.54) is 6.33 Å². The van der Waals surface area contributed by atoms with Crippen LogP contribution in [0.2, 0.25) is 0 Å². The van der Waals surface area contributed by atoms with Crippen LogP contribution in [0, 0.1) is 5.92 Å². The molecule has 2 aromatic rings. The highest BCUT2D eigenvalue weighted by atomic mass is 16.5. The maximum atomic E-state index is 12.2. The maximum absolute atomic E-state index is 12.2. The van der Waals surface area contributed by atoms with E-state index in [2.05, 4.69) is 39.6 Å². The molecule has 0 bridgehead atoms. The predicted octanol–water partition coefficient (Wildman–Crippen LogP) is 0.678. The number of carbonyl (C=O) groups is 1. The molecule has 0 saturated carbocycles. The Hall–Kier alpha value is -2.32. The Morgan fingerprint density at radius 2 is 2.15 bits per heavy atom. The average molecular weight is 358 g/mol. The van der Waals surface area contributed by atoms with Crippen LogP contribution in [0.1, 0.15) is 19.4 Å². The highest BCUT2D eigenvalue weighted by molar-refractivity contribution is 5.78. The van der Waals surface area contributed by atoms with Crippen molar-refractivity contribution in [3.63, 3.8) is 0 Å². The largest absolute Gasteiger partial charge is 0.374 e. The lowest BCUT2D eigenvalue weighted by Crippen LogP contribution is -2.48. The molecule has 1 unspecified atom stereocenters. The summed E-state index contributed by atoms with van der Waals surface area (Å²) in [5.74, 6) is 0.643. The fraction of sp³-hybridized carbons (Fsp3) is 0.556. The second-order valence-electron chi connectivity index (χ2n) is 7.05. The summed E-state index contributed by atoms with van der Waals surface area (Å²) in [6, 6.07) is 7.62. The van der Waals surface area contributed by atoms with E-state index in [0.29, 0.717) is 18.9 Å². The van der Waals surface area contributed by atoms with E-state index in [0.717, 1.165) is 37.5 Å². The van der Waals surface area contributed by atoms with E-state index < -0.39 is 0 Å². The number of ether oxygens (including phenoxy) is 1. The minimum absolute atomic E-state index is 0.00440. The van der Waals surface area contributed by atoms with Gasteiger partial charge in [0.25, 0.3) is 0 Å². The van der Waals surface area contributed by atoms with Gasteiger partial charge in [-0.15, -0.1) is 5.10 Å². The molecule has 0 spiro atoms. The minimum Gasteiger partial charge on any atom is -0.374 e. The Bertz CT molecular complexity index is 686. The molecule has 1 aromatic carbocycles.